The quantitative estimate of drug-likeness (QED) is 0.357. The van der Waals surface area contributed by atoms with Crippen molar-refractivity contribution >= 4 is 34.1 Å². The van der Waals surface area contributed by atoms with Crippen LogP contribution < -0.4 is 10.6 Å². The summed E-state index contributed by atoms with van der Waals surface area (Å²) >= 11 is 0. The molecule has 0 saturated carbocycles. The van der Waals surface area contributed by atoms with Gasteiger partial charge in [0, 0.05) is 22.2 Å². The summed E-state index contributed by atoms with van der Waals surface area (Å²) in [7, 11) is 0. The molecule has 0 unspecified atom stereocenters. The number of aromatic nitrogens is 3. The van der Waals surface area contributed by atoms with Crippen LogP contribution in [0.15, 0.2) is 66.0 Å². The summed E-state index contributed by atoms with van der Waals surface area (Å²) in [5, 5.41) is 16.3. The number of aromatic amines is 1. The second-order valence-electron chi connectivity index (χ2n) is 8.20. The Balaban J connectivity index is 1.57. The molecule has 31 heavy (non-hydrogen) atoms. The van der Waals surface area contributed by atoms with Gasteiger partial charge in [0.05, 0.1) is 11.9 Å². The Hall–Kier alpha value is -4.07. The molecule has 0 radical (unpaired) electrons. The van der Waals surface area contributed by atoms with Gasteiger partial charge in [-0.25, -0.2) is 9.78 Å². The number of H-pyrrole nitrogens is 1. The van der Waals surface area contributed by atoms with Crippen molar-refractivity contribution in [2.75, 3.05) is 10.6 Å². The highest BCUT2D eigenvalue weighted by molar-refractivity contribution is 6.01. The topological polar surface area (TPSA) is 112 Å². The molecule has 0 aliphatic heterocycles. The highest BCUT2D eigenvalue weighted by Gasteiger charge is 2.19. The number of amides is 2. The summed E-state index contributed by atoms with van der Waals surface area (Å²) in [6.45, 7) is 6.35. The third-order valence-corrected chi connectivity index (χ3v) is 4.90. The van der Waals surface area contributed by atoms with Gasteiger partial charge in [0.25, 0.3) is 0 Å². The Labute approximate surface area is 179 Å². The minimum atomic E-state index is -0.458. The average molecular weight is 414 g/mol. The number of pyridine rings is 1. The Bertz CT molecular complexity index is 1260. The van der Waals surface area contributed by atoms with Crippen molar-refractivity contribution in [3.63, 3.8) is 0 Å². The molecule has 0 spiro atoms. The molecule has 0 bridgehead atoms. The van der Waals surface area contributed by atoms with Gasteiger partial charge in [-0.05, 0) is 46.6 Å². The first-order valence-electron chi connectivity index (χ1n) is 9.80. The van der Waals surface area contributed by atoms with Crippen LogP contribution in [0.4, 0.5) is 21.9 Å². The summed E-state index contributed by atoms with van der Waals surface area (Å²) in [5.41, 5.74) is 4.73. The molecule has 2 amide bonds. The number of rotatable bonds is 4. The van der Waals surface area contributed by atoms with E-state index in [0.717, 1.165) is 27.9 Å². The number of carbonyl (C=O) groups is 1. The van der Waals surface area contributed by atoms with E-state index in [2.05, 4.69) is 52.8 Å². The van der Waals surface area contributed by atoms with Crippen LogP contribution in [0, 0.1) is 4.91 Å². The van der Waals surface area contributed by atoms with Gasteiger partial charge >= 0.3 is 6.03 Å². The van der Waals surface area contributed by atoms with Gasteiger partial charge in [0.15, 0.2) is 5.65 Å². The molecule has 8 heteroatoms. The Morgan fingerprint density at radius 2 is 1.77 bits per heavy atom. The maximum absolute atomic E-state index is 12.3. The molecule has 2 aromatic heterocycles. The first kappa shape index (κ1) is 20.2. The third-order valence-electron chi connectivity index (χ3n) is 4.90. The van der Waals surface area contributed by atoms with Crippen LogP contribution in [0.25, 0.3) is 22.2 Å². The number of nitrogens with zero attached hydrogens (tertiary/aromatic N) is 3. The molecule has 0 aliphatic rings. The molecule has 0 saturated heterocycles. The van der Waals surface area contributed by atoms with Crippen molar-refractivity contribution in [1.82, 2.24) is 15.2 Å². The van der Waals surface area contributed by atoms with E-state index in [1.807, 2.05) is 24.3 Å². The normalized spacial score (nSPS) is 11.3. The van der Waals surface area contributed by atoms with E-state index in [4.69, 9.17) is 4.98 Å². The molecule has 2 aromatic carbocycles. The molecule has 4 rings (SSSR count). The van der Waals surface area contributed by atoms with Crippen LogP contribution in [0.1, 0.15) is 26.5 Å². The number of urea groups is 1. The van der Waals surface area contributed by atoms with Crippen LogP contribution in [0.2, 0.25) is 0 Å². The summed E-state index contributed by atoms with van der Waals surface area (Å²) in [6.07, 6.45) is 1.77. The van der Waals surface area contributed by atoms with Gasteiger partial charge in [0.1, 0.15) is 5.69 Å². The molecule has 0 atom stereocenters. The molecule has 0 aliphatic carbocycles. The van der Waals surface area contributed by atoms with Crippen LogP contribution in [0.3, 0.4) is 0 Å². The zero-order chi connectivity index (χ0) is 22.0. The van der Waals surface area contributed by atoms with E-state index < -0.39 is 6.03 Å². The molecular formula is C23H22N6O2. The standard InChI is InChI=1S/C23H22N6O2/c1-23(2,3)20-12-16(17-13-24-28-21(17)27-20)14-8-10-15(11-9-14)25-22(30)26-18-6-4-5-7-19(18)29-31/h4-13H,1-3H3,(H,24,27,28)(H2,25,26,30). The smallest absolute Gasteiger partial charge is 0.308 e. The fourth-order valence-corrected chi connectivity index (χ4v) is 3.23. The second kappa shape index (κ2) is 7.98. The number of anilines is 2. The summed E-state index contributed by atoms with van der Waals surface area (Å²) < 4.78 is 0. The van der Waals surface area contributed by atoms with Crippen molar-refractivity contribution in [3.05, 3.63) is 71.4 Å². The SMILES string of the molecule is CC(C)(C)c1cc(-c2ccc(NC(=O)Nc3ccccc3N=O)cc2)c2cn[nH]c2n1. The summed E-state index contributed by atoms with van der Waals surface area (Å²) in [4.78, 5) is 27.9. The van der Waals surface area contributed by atoms with Crippen LogP contribution in [-0.4, -0.2) is 21.2 Å². The van der Waals surface area contributed by atoms with Gasteiger partial charge in [-0.15, -0.1) is 4.91 Å². The number of nitroso groups, excluding NO2 is 1. The molecule has 156 valence electrons. The van der Waals surface area contributed by atoms with Crippen molar-refractivity contribution < 1.29 is 4.79 Å². The number of carbonyl (C=O) groups excluding carboxylic acids is 1. The fraction of sp³-hybridized carbons (Fsp3) is 0.174. The van der Waals surface area contributed by atoms with Crippen molar-refractivity contribution in [2.24, 2.45) is 5.18 Å². The molecule has 0 fully saturated rings. The van der Waals surface area contributed by atoms with E-state index in [-0.39, 0.29) is 11.1 Å². The lowest BCUT2D eigenvalue weighted by Gasteiger charge is -2.19. The largest absolute Gasteiger partial charge is 0.323 e. The Morgan fingerprint density at radius 1 is 1.03 bits per heavy atom. The first-order valence-corrected chi connectivity index (χ1v) is 9.80. The predicted octanol–water partition coefficient (Wildman–Crippen LogP) is 5.96. The molecule has 3 N–H and O–H groups in total. The van der Waals surface area contributed by atoms with Gasteiger partial charge in [0.2, 0.25) is 0 Å². The minimum Gasteiger partial charge on any atom is -0.308 e. The van der Waals surface area contributed by atoms with E-state index in [1.54, 1.807) is 24.4 Å². The maximum atomic E-state index is 12.3. The maximum Gasteiger partial charge on any atom is 0.323 e. The highest BCUT2D eigenvalue weighted by atomic mass is 16.3. The zero-order valence-corrected chi connectivity index (χ0v) is 17.4. The van der Waals surface area contributed by atoms with Crippen molar-refractivity contribution in [2.45, 2.75) is 26.2 Å². The number of benzene rings is 2. The van der Waals surface area contributed by atoms with Gasteiger partial charge < -0.3 is 10.6 Å². The number of hydrogen-bond acceptors (Lipinski definition) is 5. The second-order valence-corrected chi connectivity index (χ2v) is 8.20. The summed E-state index contributed by atoms with van der Waals surface area (Å²) in [5.74, 6) is 0. The van der Waals surface area contributed by atoms with E-state index in [0.29, 0.717) is 11.4 Å². The van der Waals surface area contributed by atoms with Crippen molar-refractivity contribution in [3.8, 4) is 11.1 Å². The first-order chi connectivity index (χ1) is 14.8. The number of para-hydroxylation sites is 1. The summed E-state index contributed by atoms with van der Waals surface area (Å²) in [6, 6.07) is 15.7. The zero-order valence-electron chi connectivity index (χ0n) is 17.4. The monoisotopic (exact) mass is 414 g/mol. The van der Waals surface area contributed by atoms with E-state index >= 15 is 0 Å². The van der Waals surface area contributed by atoms with Crippen LogP contribution in [-0.2, 0) is 5.41 Å². The lowest BCUT2D eigenvalue weighted by atomic mass is 9.89. The van der Waals surface area contributed by atoms with Gasteiger partial charge in [-0.2, -0.15) is 5.10 Å². The molecular weight excluding hydrogens is 392 g/mol. The van der Waals surface area contributed by atoms with E-state index in [9.17, 15) is 9.70 Å². The lowest BCUT2D eigenvalue weighted by molar-refractivity contribution is 0.262. The number of nitrogens with one attached hydrogen (secondary N) is 3. The number of hydrogen-bond donors (Lipinski definition) is 3. The van der Waals surface area contributed by atoms with Crippen LogP contribution >= 0.6 is 0 Å². The number of fused-ring (bicyclic) bond motifs is 1. The van der Waals surface area contributed by atoms with Gasteiger partial charge in [-0.3, -0.25) is 5.10 Å². The molecule has 8 nitrogen and oxygen atoms in total. The minimum absolute atomic E-state index is 0.111. The Kier molecular flexibility index (Phi) is 5.21. The average Bonchev–Trinajstić information content (AvgIpc) is 3.22. The van der Waals surface area contributed by atoms with Crippen LogP contribution in [0.5, 0.6) is 0 Å². The predicted molar refractivity (Wildman–Crippen MR) is 123 cm³/mol. The fourth-order valence-electron chi connectivity index (χ4n) is 3.23. The lowest BCUT2D eigenvalue weighted by Crippen LogP contribution is -2.19. The molecule has 4 aromatic rings. The third kappa shape index (κ3) is 4.28. The van der Waals surface area contributed by atoms with E-state index in [1.165, 1.54) is 6.07 Å². The molecule has 2 heterocycles. The Morgan fingerprint density at radius 3 is 2.48 bits per heavy atom. The van der Waals surface area contributed by atoms with Crippen molar-refractivity contribution in [1.29, 1.82) is 0 Å². The highest BCUT2D eigenvalue weighted by Crippen LogP contribution is 2.32. The van der Waals surface area contributed by atoms with Gasteiger partial charge in [-0.1, -0.05) is 45.0 Å².